The van der Waals surface area contributed by atoms with Crippen molar-refractivity contribution in [1.29, 1.82) is 0 Å². The lowest BCUT2D eigenvalue weighted by Crippen LogP contribution is -2.30. The smallest absolute Gasteiger partial charge is 0.274 e. The number of carbonyl (C=O) groups excluding carboxylic acids is 1. The molecule has 0 aromatic heterocycles. The molecule has 5 nitrogen and oxygen atoms in total. The monoisotopic (exact) mass is 307 g/mol. The summed E-state index contributed by atoms with van der Waals surface area (Å²) < 4.78 is 29.4. The molecule has 0 aliphatic heterocycles. The first kappa shape index (κ1) is 19.4. The highest BCUT2D eigenvalue weighted by Crippen LogP contribution is 2.10. The third-order valence-electron chi connectivity index (χ3n) is 3.17. The van der Waals surface area contributed by atoms with E-state index in [2.05, 4.69) is 12.2 Å². The molecule has 1 amide bonds. The zero-order valence-corrected chi connectivity index (χ0v) is 13.4. The maximum atomic E-state index is 11.1. The fraction of sp³-hybridized carbons (Fsp3) is 0.929. The van der Waals surface area contributed by atoms with Gasteiger partial charge in [-0.3, -0.25) is 9.35 Å². The molecule has 0 rings (SSSR count). The van der Waals surface area contributed by atoms with Gasteiger partial charge in [-0.15, -0.1) is 0 Å². The Morgan fingerprint density at radius 1 is 0.900 bits per heavy atom. The summed E-state index contributed by atoms with van der Waals surface area (Å²) in [7, 11) is -4.20. The van der Waals surface area contributed by atoms with Crippen molar-refractivity contribution in [2.45, 2.75) is 71.1 Å². The average Bonchev–Trinajstić information content (AvgIpc) is 2.34. The summed E-state index contributed by atoms with van der Waals surface area (Å²) in [4.78, 5) is 11.1. The van der Waals surface area contributed by atoms with E-state index >= 15 is 0 Å². The zero-order valence-electron chi connectivity index (χ0n) is 12.6. The maximum absolute atomic E-state index is 11.1. The number of nitrogens with one attached hydrogen (secondary N) is 1. The number of unbranched alkanes of at least 4 members (excludes halogenated alkanes) is 9. The molecule has 0 aromatic rings. The van der Waals surface area contributed by atoms with Gasteiger partial charge >= 0.3 is 0 Å². The van der Waals surface area contributed by atoms with E-state index in [4.69, 9.17) is 4.55 Å². The van der Waals surface area contributed by atoms with Crippen LogP contribution in [0, 0.1) is 0 Å². The second kappa shape index (κ2) is 12.1. The van der Waals surface area contributed by atoms with E-state index < -0.39 is 21.8 Å². The van der Waals surface area contributed by atoms with Crippen molar-refractivity contribution in [3.05, 3.63) is 0 Å². The lowest BCUT2D eigenvalue weighted by molar-refractivity contribution is -0.118. The van der Waals surface area contributed by atoms with Crippen LogP contribution in [-0.4, -0.2) is 31.2 Å². The van der Waals surface area contributed by atoms with Crippen LogP contribution in [-0.2, 0) is 14.9 Å². The highest BCUT2D eigenvalue weighted by molar-refractivity contribution is 7.86. The number of hydrogen-bond acceptors (Lipinski definition) is 3. The molecule has 0 heterocycles. The van der Waals surface area contributed by atoms with Gasteiger partial charge in [0, 0.05) is 6.54 Å². The van der Waals surface area contributed by atoms with Crippen LogP contribution in [0.4, 0.5) is 0 Å². The predicted octanol–water partition coefficient (Wildman–Crippen LogP) is 2.91. The van der Waals surface area contributed by atoms with E-state index in [1.54, 1.807) is 0 Å². The molecule has 0 saturated heterocycles. The van der Waals surface area contributed by atoms with Crippen molar-refractivity contribution in [2.75, 3.05) is 12.3 Å². The summed E-state index contributed by atoms with van der Waals surface area (Å²) in [6.07, 6.45) is 12.2. The first-order chi connectivity index (χ1) is 9.45. The van der Waals surface area contributed by atoms with Gasteiger partial charge in [0.2, 0.25) is 5.91 Å². The number of hydrogen-bond donors (Lipinski definition) is 2. The lowest BCUT2D eigenvalue weighted by atomic mass is 10.1. The molecule has 120 valence electrons. The minimum Gasteiger partial charge on any atom is -0.355 e. The fourth-order valence-corrected chi connectivity index (χ4v) is 2.49. The quantitative estimate of drug-likeness (QED) is 0.405. The van der Waals surface area contributed by atoms with Crippen LogP contribution in [0.15, 0.2) is 0 Å². The molecule has 0 saturated carbocycles. The highest BCUT2D eigenvalue weighted by Gasteiger charge is 2.11. The second-order valence-electron chi connectivity index (χ2n) is 5.26. The van der Waals surface area contributed by atoms with Gasteiger partial charge in [-0.1, -0.05) is 64.7 Å². The van der Waals surface area contributed by atoms with Gasteiger partial charge in [0.1, 0.15) is 0 Å². The highest BCUT2D eigenvalue weighted by atomic mass is 32.2. The Balaban J connectivity index is 3.23. The number of amides is 1. The average molecular weight is 307 g/mol. The SMILES string of the molecule is CCCCCCCCCCCCNC(=O)CS(=O)(=O)O. The van der Waals surface area contributed by atoms with E-state index in [0.29, 0.717) is 6.54 Å². The Morgan fingerprint density at radius 3 is 1.80 bits per heavy atom. The second-order valence-corrected chi connectivity index (χ2v) is 6.71. The normalized spacial score (nSPS) is 11.5. The summed E-state index contributed by atoms with van der Waals surface area (Å²) in [6, 6.07) is 0. The third kappa shape index (κ3) is 15.4. The molecule has 0 aliphatic rings. The van der Waals surface area contributed by atoms with E-state index in [0.717, 1.165) is 19.3 Å². The summed E-state index contributed by atoms with van der Waals surface area (Å²) in [5, 5.41) is 2.49. The van der Waals surface area contributed by atoms with Crippen LogP contribution in [0.3, 0.4) is 0 Å². The fourth-order valence-electron chi connectivity index (χ4n) is 2.06. The molecule has 0 atom stereocenters. The molecule has 0 aromatic carbocycles. The zero-order chi connectivity index (χ0) is 15.3. The van der Waals surface area contributed by atoms with Crippen molar-refractivity contribution < 1.29 is 17.8 Å². The molecule has 0 fully saturated rings. The van der Waals surface area contributed by atoms with E-state index in [-0.39, 0.29) is 0 Å². The Hall–Kier alpha value is -0.620. The Labute approximate surface area is 123 Å². The van der Waals surface area contributed by atoms with Crippen molar-refractivity contribution in [2.24, 2.45) is 0 Å². The van der Waals surface area contributed by atoms with E-state index in [1.807, 2.05) is 0 Å². The van der Waals surface area contributed by atoms with E-state index in [9.17, 15) is 13.2 Å². The van der Waals surface area contributed by atoms with Gasteiger partial charge in [0.15, 0.2) is 5.75 Å². The summed E-state index contributed by atoms with van der Waals surface area (Å²) in [5.41, 5.74) is 0. The van der Waals surface area contributed by atoms with Crippen LogP contribution >= 0.6 is 0 Å². The molecule has 2 N–H and O–H groups in total. The van der Waals surface area contributed by atoms with Crippen molar-refractivity contribution in [3.8, 4) is 0 Å². The largest absolute Gasteiger partial charge is 0.355 e. The summed E-state index contributed by atoms with van der Waals surface area (Å²) >= 11 is 0. The minimum absolute atomic E-state index is 0.477. The lowest BCUT2D eigenvalue weighted by Gasteiger charge is -2.04. The maximum Gasteiger partial charge on any atom is 0.274 e. The number of rotatable bonds is 13. The first-order valence-electron chi connectivity index (χ1n) is 7.67. The molecule has 0 bridgehead atoms. The summed E-state index contributed by atoms with van der Waals surface area (Å²) in [5.74, 6) is -1.48. The predicted molar refractivity (Wildman–Crippen MR) is 81.3 cm³/mol. The minimum atomic E-state index is -4.20. The molecule has 0 radical (unpaired) electrons. The van der Waals surface area contributed by atoms with Crippen LogP contribution in [0.25, 0.3) is 0 Å². The molecule has 0 spiro atoms. The van der Waals surface area contributed by atoms with Gasteiger partial charge in [-0.25, -0.2) is 0 Å². The third-order valence-corrected chi connectivity index (χ3v) is 3.79. The van der Waals surface area contributed by atoms with Crippen LogP contribution in [0.2, 0.25) is 0 Å². The standard InChI is InChI=1S/C14H29NO4S/c1-2-3-4-5-6-7-8-9-10-11-12-15-14(16)13-20(17,18)19/h2-13H2,1H3,(H,15,16)(H,17,18,19). The van der Waals surface area contributed by atoms with Crippen molar-refractivity contribution >= 4 is 16.0 Å². The van der Waals surface area contributed by atoms with Crippen LogP contribution < -0.4 is 5.32 Å². The Bertz CT molecular complexity index is 341. The van der Waals surface area contributed by atoms with Gasteiger partial charge in [0.25, 0.3) is 10.1 Å². The van der Waals surface area contributed by atoms with Gasteiger partial charge < -0.3 is 5.32 Å². The van der Waals surface area contributed by atoms with Gasteiger partial charge in [-0.2, -0.15) is 8.42 Å². The Morgan fingerprint density at radius 2 is 1.35 bits per heavy atom. The first-order valence-corrected chi connectivity index (χ1v) is 9.28. The van der Waals surface area contributed by atoms with Gasteiger partial charge in [-0.05, 0) is 6.42 Å². The van der Waals surface area contributed by atoms with Crippen molar-refractivity contribution in [3.63, 3.8) is 0 Å². The van der Waals surface area contributed by atoms with Crippen molar-refractivity contribution in [1.82, 2.24) is 5.32 Å². The molecule has 0 unspecified atom stereocenters. The Kier molecular flexibility index (Phi) is 11.8. The molecular formula is C14H29NO4S. The van der Waals surface area contributed by atoms with E-state index in [1.165, 1.54) is 44.9 Å². The molecular weight excluding hydrogens is 278 g/mol. The summed E-state index contributed by atoms with van der Waals surface area (Å²) in [6.45, 7) is 2.69. The molecule has 6 heteroatoms. The topological polar surface area (TPSA) is 83.5 Å². The molecule has 20 heavy (non-hydrogen) atoms. The van der Waals surface area contributed by atoms with Crippen LogP contribution in [0.5, 0.6) is 0 Å². The van der Waals surface area contributed by atoms with Crippen LogP contribution in [0.1, 0.15) is 71.1 Å². The number of carbonyl (C=O) groups is 1. The molecule has 0 aliphatic carbocycles. The van der Waals surface area contributed by atoms with Gasteiger partial charge in [0.05, 0.1) is 0 Å².